The van der Waals surface area contributed by atoms with Crippen molar-refractivity contribution >= 4 is 21.8 Å². The van der Waals surface area contributed by atoms with Crippen molar-refractivity contribution in [1.82, 2.24) is 20.6 Å². The molecule has 4 aromatic carbocycles. The van der Waals surface area contributed by atoms with Crippen LogP contribution in [0.2, 0.25) is 0 Å². The van der Waals surface area contributed by atoms with Crippen molar-refractivity contribution in [2.24, 2.45) is 0 Å². The molecular weight excluding hydrogens is 540 g/mol. The molecule has 4 N–H and O–H groups in total. The smallest absolute Gasteiger partial charge is 0.119 e. The van der Waals surface area contributed by atoms with Gasteiger partial charge in [-0.15, -0.1) is 0 Å². The summed E-state index contributed by atoms with van der Waals surface area (Å²) in [7, 11) is 1.73. The molecule has 2 saturated heterocycles. The van der Waals surface area contributed by atoms with Crippen LogP contribution < -0.4 is 15.4 Å². The van der Waals surface area contributed by atoms with Crippen molar-refractivity contribution in [2.45, 2.75) is 36.5 Å². The van der Waals surface area contributed by atoms with Crippen LogP contribution in [0, 0.1) is 0 Å². The molecule has 224 valence electrons. The summed E-state index contributed by atoms with van der Waals surface area (Å²) < 4.78 is 5.39. The first-order chi connectivity index (χ1) is 21.6. The second-order valence-corrected chi connectivity index (χ2v) is 12.7. The average Bonchev–Trinajstić information content (AvgIpc) is 3.89. The summed E-state index contributed by atoms with van der Waals surface area (Å²) in [5.41, 5.74) is 8.47. The predicted octanol–water partition coefficient (Wildman–Crippen LogP) is 7.29. The van der Waals surface area contributed by atoms with Gasteiger partial charge in [-0.1, -0.05) is 60.7 Å². The number of hydrogen-bond acceptors (Lipinski definition) is 3. The molecule has 2 aliphatic heterocycles. The Hall–Kier alpha value is -4.32. The Bertz CT molecular complexity index is 1820. The molecule has 44 heavy (non-hydrogen) atoms. The lowest BCUT2D eigenvalue weighted by Crippen LogP contribution is -2.31. The highest BCUT2D eigenvalue weighted by Gasteiger charge is 2.37. The van der Waals surface area contributed by atoms with Gasteiger partial charge in [-0.05, 0) is 114 Å². The summed E-state index contributed by atoms with van der Waals surface area (Å²) in [6.07, 6.45) is 8.54. The van der Waals surface area contributed by atoms with Crippen LogP contribution in [0.25, 0.3) is 21.8 Å². The van der Waals surface area contributed by atoms with Gasteiger partial charge in [0, 0.05) is 47.3 Å². The second-order valence-electron chi connectivity index (χ2n) is 12.7. The van der Waals surface area contributed by atoms with Crippen molar-refractivity contribution in [2.75, 3.05) is 33.3 Å². The lowest BCUT2D eigenvalue weighted by atomic mass is 9.74. The Labute approximate surface area is 260 Å². The van der Waals surface area contributed by atoms with E-state index in [1.165, 1.54) is 56.9 Å². The Morgan fingerprint density at radius 3 is 1.98 bits per heavy atom. The Morgan fingerprint density at radius 1 is 0.591 bits per heavy atom. The first-order valence-electron chi connectivity index (χ1n) is 15.9. The molecule has 2 aliphatic rings. The van der Waals surface area contributed by atoms with Gasteiger partial charge in [-0.3, -0.25) is 0 Å². The highest BCUT2D eigenvalue weighted by molar-refractivity contribution is 5.81. The van der Waals surface area contributed by atoms with E-state index in [0.717, 1.165) is 44.8 Å². The Balaban J connectivity index is 0.000000143. The summed E-state index contributed by atoms with van der Waals surface area (Å²) in [4.78, 5) is 6.63. The molecule has 0 radical (unpaired) electrons. The molecular formula is C39H42N4O. The molecule has 0 amide bonds. The van der Waals surface area contributed by atoms with Gasteiger partial charge in [-0.2, -0.15) is 0 Å². The van der Waals surface area contributed by atoms with E-state index >= 15 is 0 Å². The number of hydrogen-bond donors (Lipinski definition) is 4. The van der Waals surface area contributed by atoms with E-state index in [4.69, 9.17) is 4.74 Å². The minimum Gasteiger partial charge on any atom is -0.497 e. The van der Waals surface area contributed by atoms with E-state index in [1.54, 1.807) is 7.11 Å². The maximum absolute atomic E-state index is 5.39. The molecule has 1 unspecified atom stereocenters. The molecule has 2 aromatic heterocycles. The summed E-state index contributed by atoms with van der Waals surface area (Å²) in [5.74, 6) is 0.935. The molecule has 5 heteroatoms. The normalized spacial score (nSPS) is 21.4. The van der Waals surface area contributed by atoms with Crippen molar-refractivity contribution < 1.29 is 4.74 Å². The molecule has 0 spiro atoms. The lowest BCUT2D eigenvalue weighted by Gasteiger charge is -2.29. The monoisotopic (exact) mass is 582 g/mol. The van der Waals surface area contributed by atoms with Crippen LogP contribution in [0.4, 0.5) is 0 Å². The van der Waals surface area contributed by atoms with Gasteiger partial charge in [0.15, 0.2) is 0 Å². The van der Waals surface area contributed by atoms with E-state index < -0.39 is 0 Å². The van der Waals surface area contributed by atoms with Crippen LogP contribution in [-0.4, -0.2) is 43.3 Å². The summed E-state index contributed by atoms with van der Waals surface area (Å²) >= 11 is 0. The largest absolute Gasteiger partial charge is 0.497 e. The average molecular weight is 583 g/mol. The van der Waals surface area contributed by atoms with Crippen LogP contribution >= 0.6 is 0 Å². The summed E-state index contributed by atoms with van der Waals surface area (Å²) in [6, 6.07) is 37.3. The van der Waals surface area contributed by atoms with Gasteiger partial charge < -0.3 is 25.3 Å². The van der Waals surface area contributed by atoms with Crippen LogP contribution in [0.1, 0.15) is 35.1 Å². The van der Waals surface area contributed by atoms with Crippen LogP contribution in [-0.2, 0) is 23.7 Å². The number of benzene rings is 4. The zero-order valence-electron chi connectivity index (χ0n) is 25.5. The first-order valence-corrected chi connectivity index (χ1v) is 15.9. The van der Waals surface area contributed by atoms with Crippen molar-refractivity contribution in [3.8, 4) is 5.75 Å². The van der Waals surface area contributed by atoms with E-state index in [2.05, 4.69) is 118 Å². The quantitative estimate of drug-likeness (QED) is 0.160. The zero-order chi connectivity index (χ0) is 29.8. The van der Waals surface area contributed by atoms with E-state index in [9.17, 15) is 0 Å². The first kappa shape index (κ1) is 28.5. The third-order valence-corrected chi connectivity index (χ3v) is 9.88. The molecule has 2 fully saturated rings. The number of rotatable bonds is 7. The molecule has 4 heterocycles. The van der Waals surface area contributed by atoms with Gasteiger partial charge >= 0.3 is 0 Å². The third-order valence-electron chi connectivity index (χ3n) is 9.88. The molecule has 6 aromatic rings. The highest BCUT2D eigenvalue weighted by Crippen LogP contribution is 2.37. The standard InChI is InChI=1S/C20H22N2O.C19H20N2/c1-23-18-4-2-3-15(11-18)13-20(8-10-21-14-20)17-5-6-19-16(12-17)7-9-22-19;1-2-4-15(5-3-1)13-19(9-11-20-14-19)17-7-6-16-8-10-21-18(16)12-17/h2-7,9,11-12,21-22H,8,10,13-14H2,1H3;1-8,10,12,20-21H,9,11,13-14H2/t20-;/m1./s1. The van der Waals surface area contributed by atoms with Crippen molar-refractivity contribution in [3.63, 3.8) is 0 Å². The number of nitrogens with one attached hydrogen (secondary N) is 4. The number of H-pyrrole nitrogens is 2. The maximum Gasteiger partial charge on any atom is 0.119 e. The number of aromatic nitrogens is 2. The fourth-order valence-electron chi connectivity index (χ4n) is 7.41. The minimum absolute atomic E-state index is 0.165. The maximum atomic E-state index is 5.39. The molecule has 0 bridgehead atoms. The molecule has 0 aliphatic carbocycles. The predicted molar refractivity (Wildman–Crippen MR) is 182 cm³/mol. The SMILES string of the molecule is COc1cccc(C[C@]2(c3ccc4[nH]ccc4c3)CCNC2)c1.c1ccc(CC2(c3ccc4cc[nH]c4c3)CCNC2)cc1. The van der Waals surface area contributed by atoms with E-state index in [1.807, 2.05) is 18.5 Å². The van der Waals surface area contributed by atoms with E-state index in [0.29, 0.717) is 0 Å². The van der Waals surface area contributed by atoms with Crippen LogP contribution in [0.5, 0.6) is 5.75 Å². The van der Waals surface area contributed by atoms with Gasteiger partial charge in [0.1, 0.15) is 5.75 Å². The van der Waals surface area contributed by atoms with Crippen molar-refractivity contribution in [1.29, 1.82) is 0 Å². The summed E-state index contributed by atoms with van der Waals surface area (Å²) in [6.45, 7) is 4.28. The van der Waals surface area contributed by atoms with Gasteiger partial charge in [-0.25, -0.2) is 0 Å². The van der Waals surface area contributed by atoms with E-state index in [-0.39, 0.29) is 10.8 Å². The zero-order valence-corrected chi connectivity index (χ0v) is 25.5. The number of methoxy groups -OCH3 is 1. The topological polar surface area (TPSA) is 64.9 Å². The molecule has 5 nitrogen and oxygen atoms in total. The molecule has 8 rings (SSSR count). The minimum atomic E-state index is 0.165. The van der Waals surface area contributed by atoms with Gasteiger partial charge in [0.2, 0.25) is 0 Å². The third kappa shape index (κ3) is 5.78. The molecule has 2 atom stereocenters. The van der Waals surface area contributed by atoms with Gasteiger partial charge in [0.05, 0.1) is 7.11 Å². The fraction of sp³-hybridized carbons (Fsp3) is 0.282. The number of ether oxygens (including phenoxy) is 1. The number of fused-ring (bicyclic) bond motifs is 2. The van der Waals surface area contributed by atoms with Crippen molar-refractivity contribution in [3.05, 3.63) is 138 Å². The Kier molecular flexibility index (Phi) is 7.99. The second kappa shape index (κ2) is 12.4. The fourth-order valence-corrected chi connectivity index (χ4v) is 7.41. The lowest BCUT2D eigenvalue weighted by molar-refractivity contribution is 0.412. The van der Waals surface area contributed by atoms with Crippen LogP contribution in [0.3, 0.4) is 0 Å². The Morgan fingerprint density at radius 2 is 1.25 bits per heavy atom. The number of aromatic amines is 2. The highest BCUT2D eigenvalue weighted by atomic mass is 16.5. The van der Waals surface area contributed by atoms with Crippen LogP contribution in [0.15, 0.2) is 116 Å². The molecule has 0 saturated carbocycles. The summed E-state index contributed by atoms with van der Waals surface area (Å²) in [5, 5.41) is 9.71. The van der Waals surface area contributed by atoms with Gasteiger partial charge in [0.25, 0.3) is 0 Å².